The Bertz CT molecular complexity index is 1000. The molecule has 158 valence electrons. The van der Waals surface area contributed by atoms with Crippen LogP contribution in [0.1, 0.15) is 24.4 Å². The second kappa shape index (κ2) is 8.10. The Morgan fingerprint density at radius 2 is 1.63 bits per heavy atom. The Hall–Kier alpha value is -2.87. The molecule has 2 aliphatic rings. The summed E-state index contributed by atoms with van der Waals surface area (Å²) in [5, 5.41) is 4.82. The number of hydrogen-bond donors (Lipinski definition) is 0. The SMILES string of the molecule is COc1ccc(N2CCN(Cc3nc4nc(C)cc(N5CCCC5)n4n3)CC2)cc1. The molecule has 2 aliphatic heterocycles. The van der Waals surface area contributed by atoms with Crippen molar-refractivity contribution in [3.63, 3.8) is 0 Å². The van der Waals surface area contributed by atoms with Gasteiger partial charge in [0, 0.05) is 56.7 Å². The molecule has 0 radical (unpaired) electrons. The molecule has 2 saturated heterocycles. The van der Waals surface area contributed by atoms with Crippen molar-refractivity contribution in [2.75, 3.05) is 56.2 Å². The van der Waals surface area contributed by atoms with Crippen LogP contribution in [0, 0.1) is 6.92 Å². The number of benzene rings is 1. The number of piperazine rings is 1. The summed E-state index contributed by atoms with van der Waals surface area (Å²) in [6.07, 6.45) is 2.48. The molecule has 0 atom stereocenters. The lowest BCUT2D eigenvalue weighted by Crippen LogP contribution is -2.46. The highest BCUT2D eigenvalue weighted by molar-refractivity contribution is 5.50. The fraction of sp³-hybridized carbons (Fsp3) is 0.500. The molecule has 0 aliphatic carbocycles. The van der Waals surface area contributed by atoms with Crippen molar-refractivity contribution in [1.82, 2.24) is 24.5 Å². The van der Waals surface area contributed by atoms with Crippen LogP contribution >= 0.6 is 0 Å². The van der Waals surface area contributed by atoms with Crippen LogP contribution in [0.2, 0.25) is 0 Å². The zero-order chi connectivity index (χ0) is 20.5. The summed E-state index contributed by atoms with van der Waals surface area (Å²) in [7, 11) is 1.70. The number of rotatable bonds is 5. The van der Waals surface area contributed by atoms with E-state index in [1.165, 1.54) is 18.5 Å². The molecular formula is C22H29N7O. The zero-order valence-corrected chi connectivity index (χ0v) is 17.8. The van der Waals surface area contributed by atoms with Gasteiger partial charge in [-0.2, -0.15) is 9.50 Å². The number of methoxy groups -OCH3 is 1. The molecule has 8 nitrogen and oxygen atoms in total. The number of nitrogens with zero attached hydrogens (tertiary/aromatic N) is 7. The van der Waals surface area contributed by atoms with Gasteiger partial charge in [-0.1, -0.05) is 0 Å². The van der Waals surface area contributed by atoms with Gasteiger partial charge >= 0.3 is 0 Å². The Morgan fingerprint density at radius 3 is 2.33 bits per heavy atom. The number of aromatic nitrogens is 4. The smallest absolute Gasteiger partial charge is 0.254 e. The van der Waals surface area contributed by atoms with E-state index in [0.29, 0.717) is 5.78 Å². The number of ether oxygens (including phenoxy) is 1. The van der Waals surface area contributed by atoms with E-state index in [1.54, 1.807) is 7.11 Å². The molecule has 30 heavy (non-hydrogen) atoms. The van der Waals surface area contributed by atoms with Crippen LogP contribution in [0.4, 0.5) is 11.5 Å². The predicted octanol–water partition coefficient (Wildman–Crippen LogP) is 2.36. The molecule has 1 aromatic carbocycles. The number of fused-ring (bicyclic) bond motifs is 1. The van der Waals surface area contributed by atoms with Gasteiger partial charge < -0.3 is 14.5 Å². The van der Waals surface area contributed by atoms with E-state index in [0.717, 1.165) is 68.9 Å². The van der Waals surface area contributed by atoms with Gasteiger partial charge in [-0.25, -0.2) is 4.98 Å². The Kier molecular flexibility index (Phi) is 5.16. The lowest BCUT2D eigenvalue weighted by Gasteiger charge is -2.35. The highest BCUT2D eigenvalue weighted by Crippen LogP contribution is 2.23. The average Bonchev–Trinajstić information content (AvgIpc) is 3.44. The molecular weight excluding hydrogens is 378 g/mol. The first-order valence-electron chi connectivity index (χ1n) is 10.8. The van der Waals surface area contributed by atoms with Crippen LogP contribution in [-0.4, -0.2) is 70.9 Å². The highest BCUT2D eigenvalue weighted by Gasteiger charge is 2.21. The summed E-state index contributed by atoms with van der Waals surface area (Å²) in [5.41, 5.74) is 2.24. The summed E-state index contributed by atoms with van der Waals surface area (Å²) >= 11 is 0. The third kappa shape index (κ3) is 3.79. The van der Waals surface area contributed by atoms with Crippen LogP contribution < -0.4 is 14.5 Å². The van der Waals surface area contributed by atoms with E-state index in [4.69, 9.17) is 14.8 Å². The Morgan fingerprint density at radius 1 is 0.900 bits per heavy atom. The minimum absolute atomic E-state index is 0.712. The van der Waals surface area contributed by atoms with Crippen molar-refractivity contribution in [2.45, 2.75) is 26.3 Å². The second-order valence-electron chi connectivity index (χ2n) is 8.15. The lowest BCUT2D eigenvalue weighted by atomic mass is 10.2. The molecule has 0 amide bonds. The summed E-state index contributed by atoms with van der Waals surface area (Å²) in [5.74, 6) is 3.58. The highest BCUT2D eigenvalue weighted by atomic mass is 16.5. The van der Waals surface area contributed by atoms with Crippen molar-refractivity contribution in [3.05, 3.63) is 41.9 Å². The van der Waals surface area contributed by atoms with Gasteiger partial charge in [0.15, 0.2) is 5.82 Å². The van der Waals surface area contributed by atoms with Crippen LogP contribution in [0.15, 0.2) is 30.3 Å². The molecule has 2 fully saturated rings. The third-order valence-electron chi connectivity index (χ3n) is 6.07. The van der Waals surface area contributed by atoms with E-state index in [-0.39, 0.29) is 0 Å². The first kappa shape index (κ1) is 19.1. The van der Waals surface area contributed by atoms with Crippen molar-refractivity contribution in [2.24, 2.45) is 0 Å². The summed E-state index contributed by atoms with van der Waals surface area (Å²) in [4.78, 5) is 16.6. The predicted molar refractivity (Wildman–Crippen MR) is 117 cm³/mol. The monoisotopic (exact) mass is 407 g/mol. The fourth-order valence-electron chi connectivity index (χ4n) is 4.41. The van der Waals surface area contributed by atoms with Crippen LogP contribution in [0.5, 0.6) is 5.75 Å². The quantitative estimate of drug-likeness (QED) is 0.643. The van der Waals surface area contributed by atoms with Gasteiger partial charge in [0.1, 0.15) is 11.6 Å². The van der Waals surface area contributed by atoms with Crippen LogP contribution in [0.3, 0.4) is 0 Å². The topological polar surface area (TPSA) is 62.0 Å². The largest absolute Gasteiger partial charge is 0.497 e. The first-order chi connectivity index (χ1) is 14.7. The molecule has 8 heteroatoms. The minimum Gasteiger partial charge on any atom is -0.497 e. The zero-order valence-electron chi connectivity index (χ0n) is 17.8. The van der Waals surface area contributed by atoms with E-state index >= 15 is 0 Å². The molecule has 0 bridgehead atoms. The molecule has 0 unspecified atom stereocenters. The van der Waals surface area contributed by atoms with E-state index < -0.39 is 0 Å². The third-order valence-corrected chi connectivity index (χ3v) is 6.07. The molecule has 0 saturated carbocycles. The van der Waals surface area contributed by atoms with Crippen LogP contribution in [-0.2, 0) is 6.54 Å². The second-order valence-corrected chi connectivity index (χ2v) is 8.15. The standard InChI is InChI=1S/C22H29N7O/c1-17-15-21(28-9-3-4-10-28)29-22(23-17)24-20(25-29)16-26-11-13-27(14-12-26)18-5-7-19(30-2)8-6-18/h5-8,15H,3-4,9-14,16H2,1-2H3. The van der Waals surface area contributed by atoms with Gasteiger partial charge in [-0.3, -0.25) is 4.90 Å². The Labute approximate surface area is 177 Å². The van der Waals surface area contributed by atoms with Crippen molar-refractivity contribution in [3.8, 4) is 5.75 Å². The summed E-state index contributed by atoms with van der Waals surface area (Å²) in [6.45, 7) is 8.94. The maximum atomic E-state index is 5.26. The van der Waals surface area contributed by atoms with Crippen LogP contribution in [0.25, 0.3) is 5.78 Å². The maximum absolute atomic E-state index is 5.26. The molecule has 0 spiro atoms. The molecule has 5 rings (SSSR count). The van der Waals surface area contributed by atoms with E-state index in [1.807, 2.05) is 23.6 Å². The average molecular weight is 408 g/mol. The van der Waals surface area contributed by atoms with Gasteiger partial charge in [0.25, 0.3) is 5.78 Å². The van der Waals surface area contributed by atoms with Crippen molar-refractivity contribution < 1.29 is 4.74 Å². The molecule has 4 heterocycles. The molecule has 3 aromatic rings. The lowest BCUT2D eigenvalue weighted by molar-refractivity contribution is 0.244. The Balaban J connectivity index is 1.26. The van der Waals surface area contributed by atoms with E-state index in [2.05, 4.69) is 37.9 Å². The normalized spacial score (nSPS) is 17.8. The summed E-state index contributed by atoms with van der Waals surface area (Å²) < 4.78 is 7.19. The first-order valence-corrected chi connectivity index (χ1v) is 10.8. The number of aryl methyl sites for hydroxylation is 1. The molecule has 2 aromatic heterocycles. The fourth-order valence-corrected chi connectivity index (χ4v) is 4.41. The number of anilines is 2. The minimum atomic E-state index is 0.712. The van der Waals surface area contributed by atoms with Gasteiger partial charge in [0.2, 0.25) is 0 Å². The maximum Gasteiger partial charge on any atom is 0.254 e. The van der Waals surface area contributed by atoms with Gasteiger partial charge in [-0.05, 0) is 44.0 Å². The van der Waals surface area contributed by atoms with Gasteiger partial charge in [-0.15, -0.1) is 5.10 Å². The number of hydrogen-bond acceptors (Lipinski definition) is 7. The van der Waals surface area contributed by atoms with E-state index in [9.17, 15) is 0 Å². The van der Waals surface area contributed by atoms with Crippen molar-refractivity contribution >= 4 is 17.3 Å². The molecule has 0 N–H and O–H groups in total. The van der Waals surface area contributed by atoms with Gasteiger partial charge in [0.05, 0.1) is 13.7 Å². The summed E-state index contributed by atoms with van der Waals surface area (Å²) in [6, 6.07) is 10.4. The van der Waals surface area contributed by atoms with Crippen molar-refractivity contribution in [1.29, 1.82) is 0 Å².